The molecule has 0 saturated heterocycles. The minimum atomic E-state index is -0.571. The molecule has 0 aliphatic carbocycles. The molecule has 0 saturated carbocycles. The molecule has 0 bridgehead atoms. The number of anilines is 2. The summed E-state index contributed by atoms with van der Waals surface area (Å²) in [4.78, 5) is 36.5. The van der Waals surface area contributed by atoms with E-state index in [2.05, 4.69) is 25.7 Å². The zero-order chi connectivity index (χ0) is 25.1. The Morgan fingerprint density at radius 2 is 1.92 bits per heavy atom. The van der Waals surface area contributed by atoms with Crippen molar-refractivity contribution in [3.05, 3.63) is 89.7 Å². The van der Waals surface area contributed by atoms with Crippen molar-refractivity contribution in [1.82, 2.24) is 30.0 Å². The van der Waals surface area contributed by atoms with Crippen LogP contribution in [0.2, 0.25) is 0 Å². The lowest BCUT2D eigenvalue weighted by Crippen LogP contribution is -2.45. The Morgan fingerprint density at radius 1 is 1.08 bits per heavy atom. The van der Waals surface area contributed by atoms with Crippen molar-refractivity contribution < 1.29 is 9.59 Å². The third-order valence-electron chi connectivity index (χ3n) is 6.36. The quantitative estimate of drug-likeness (QED) is 0.400. The Bertz CT molecular complexity index is 1400. The van der Waals surface area contributed by atoms with Crippen molar-refractivity contribution in [3.8, 4) is 11.3 Å². The average molecular weight is 482 g/mol. The second-order valence-electron chi connectivity index (χ2n) is 8.74. The Morgan fingerprint density at radius 3 is 2.69 bits per heavy atom. The van der Waals surface area contributed by atoms with Crippen LogP contribution in [0.3, 0.4) is 0 Å². The Balaban J connectivity index is 1.26. The van der Waals surface area contributed by atoms with Gasteiger partial charge >= 0.3 is 0 Å². The maximum atomic E-state index is 13.2. The van der Waals surface area contributed by atoms with Gasteiger partial charge in [0.25, 0.3) is 5.91 Å². The van der Waals surface area contributed by atoms with Crippen LogP contribution in [-0.2, 0) is 24.8 Å². The predicted octanol–water partition coefficient (Wildman–Crippen LogP) is 3.32. The van der Waals surface area contributed by atoms with E-state index in [1.807, 2.05) is 61.6 Å². The van der Waals surface area contributed by atoms with Crippen molar-refractivity contribution in [2.24, 2.45) is 7.05 Å². The van der Waals surface area contributed by atoms with Crippen molar-refractivity contribution in [3.63, 3.8) is 0 Å². The molecule has 2 amide bonds. The molecule has 36 heavy (non-hydrogen) atoms. The average Bonchev–Trinajstić information content (AvgIpc) is 3.46. The fraction of sp³-hybridized carbons (Fsp3) is 0.222. The van der Waals surface area contributed by atoms with Crippen molar-refractivity contribution in [2.75, 3.05) is 11.9 Å². The molecule has 2 aromatic carbocycles. The maximum absolute atomic E-state index is 13.2. The molecule has 0 fully saturated rings. The number of amides is 2. The summed E-state index contributed by atoms with van der Waals surface area (Å²) in [6.45, 7) is 2.69. The number of hydrogen-bond acceptors (Lipinski definition) is 6. The highest BCUT2D eigenvalue weighted by atomic mass is 16.2. The van der Waals surface area contributed by atoms with E-state index < -0.39 is 6.04 Å². The first-order valence-corrected chi connectivity index (χ1v) is 11.8. The van der Waals surface area contributed by atoms with E-state index >= 15 is 0 Å². The summed E-state index contributed by atoms with van der Waals surface area (Å²) >= 11 is 0. The van der Waals surface area contributed by atoms with Gasteiger partial charge in [-0.3, -0.25) is 14.3 Å². The van der Waals surface area contributed by atoms with Gasteiger partial charge in [0, 0.05) is 43.5 Å². The third-order valence-corrected chi connectivity index (χ3v) is 6.36. The standard InChI is InChI=1S/C27H27N7O2/c1-18(25(35)28-13-10-19-6-4-3-5-7-19)34-17-21-9-8-20(16-22(21)26(34)36)23-11-14-29-27(31-23)32-24-12-15-30-33(24)2/h3-9,11-12,14-16,18H,10,13,17H2,1-2H3,(H,28,35)(H,29,31,32). The maximum Gasteiger partial charge on any atom is 0.255 e. The molecule has 1 aliphatic rings. The highest BCUT2D eigenvalue weighted by molar-refractivity contribution is 6.02. The van der Waals surface area contributed by atoms with Gasteiger partial charge in [-0.05, 0) is 36.6 Å². The second-order valence-corrected chi connectivity index (χ2v) is 8.74. The van der Waals surface area contributed by atoms with Gasteiger partial charge in [0.1, 0.15) is 11.9 Å². The second kappa shape index (κ2) is 9.99. The summed E-state index contributed by atoms with van der Waals surface area (Å²) in [6, 6.07) is 18.8. The van der Waals surface area contributed by atoms with E-state index in [-0.39, 0.29) is 11.8 Å². The van der Waals surface area contributed by atoms with Crippen LogP contribution in [0, 0.1) is 0 Å². The van der Waals surface area contributed by atoms with E-state index in [0.717, 1.165) is 28.9 Å². The number of carbonyl (C=O) groups excluding carboxylic acids is 2. The van der Waals surface area contributed by atoms with Crippen LogP contribution in [0.1, 0.15) is 28.4 Å². The van der Waals surface area contributed by atoms with Gasteiger partial charge in [-0.15, -0.1) is 0 Å². The molecule has 0 spiro atoms. The molecule has 1 unspecified atom stereocenters. The number of benzene rings is 2. The fourth-order valence-corrected chi connectivity index (χ4v) is 4.25. The van der Waals surface area contributed by atoms with Crippen LogP contribution in [0.15, 0.2) is 73.1 Å². The topological polar surface area (TPSA) is 105 Å². The van der Waals surface area contributed by atoms with Crippen LogP contribution in [0.25, 0.3) is 11.3 Å². The summed E-state index contributed by atoms with van der Waals surface area (Å²) < 4.78 is 1.69. The van der Waals surface area contributed by atoms with E-state index in [1.165, 1.54) is 0 Å². The van der Waals surface area contributed by atoms with Crippen molar-refractivity contribution in [1.29, 1.82) is 0 Å². The van der Waals surface area contributed by atoms with Gasteiger partial charge in [-0.1, -0.05) is 42.5 Å². The molecule has 0 radical (unpaired) electrons. The van der Waals surface area contributed by atoms with Crippen LogP contribution in [0.5, 0.6) is 0 Å². The molecule has 9 nitrogen and oxygen atoms in total. The molecular weight excluding hydrogens is 454 g/mol. The van der Waals surface area contributed by atoms with Crippen LogP contribution in [0.4, 0.5) is 11.8 Å². The fourth-order valence-electron chi connectivity index (χ4n) is 4.25. The third kappa shape index (κ3) is 4.81. The molecule has 9 heteroatoms. The van der Waals surface area contributed by atoms with Crippen LogP contribution in [-0.4, -0.2) is 49.0 Å². The Labute approximate surface area is 209 Å². The number of aromatic nitrogens is 4. The first kappa shape index (κ1) is 23.2. The highest BCUT2D eigenvalue weighted by Crippen LogP contribution is 2.29. The molecule has 1 atom stereocenters. The number of aryl methyl sites for hydroxylation is 1. The van der Waals surface area contributed by atoms with Gasteiger partial charge in [0.05, 0.1) is 11.9 Å². The molecule has 182 valence electrons. The van der Waals surface area contributed by atoms with Gasteiger partial charge in [-0.25, -0.2) is 9.97 Å². The molecule has 2 N–H and O–H groups in total. The highest BCUT2D eigenvalue weighted by Gasteiger charge is 2.34. The summed E-state index contributed by atoms with van der Waals surface area (Å²) in [5.41, 5.74) is 4.15. The molecule has 3 heterocycles. The molecule has 1 aliphatic heterocycles. The number of carbonyl (C=O) groups is 2. The zero-order valence-electron chi connectivity index (χ0n) is 20.2. The molecule has 5 rings (SSSR count). The number of rotatable bonds is 8. The minimum absolute atomic E-state index is 0.153. The first-order chi connectivity index (χ1) is 17.5. The molecular formula is C27H27N7O2. The van der Waals surface area contributed by atoms with Crippen molar-refractivity contribution >= 4 is 23.6 Å². The number of fused-ring (bicyclic) bond motifs is 1. The van der Waals surface area contributed by atoms with E-state index in [4.69, 9.17) is 0 Å². The monoisotopic (exact) mass is 481 g/mol. The van der Waals surface area contributed by atoms with Gasteiger partial charge in [-0.2, -0.15) is 5.10 Å². The van der Waals surface area contributed by atoms with Gasteiger partial charge in [0.15, 0.2) is 0 Å². The van der Waals surface area contributed by atoms with Crippen LogP contribution < -0.4 is 10.6 Å². The lowest BCUT2D eigenvalue weighted by atomic mass is 10.0. The zero-order valence-corrected chi connectivity index (χ0v) is 20.2. The number of hydrogen-bond donors (Lipinski definition) is 2. The van der Waals surface area contributed by atoms with E-state index in [9.17, 15) is 9.59 Å². The largest absolute Gasteiger partial charge is 0.354 e. The minimum Gasteiger partial charge on any atom is -0.354 e. The Hall–Kier alpha value is -4.53. The summed E-state index contributed by atoms with van der Waals surface area (Å²) in [6.07, 6.45) is 4.10. The number of nitrogens with one attached hydrogen (secondary N) is 2. The first-order valence-electron chi connectivity index (χ1n) is 11.8. The van der Waals surface area contributed by atoms with Gasteiger partial charge in [0.2, 0.25) is 11.9 Å². The van der Waals surface area contributed by atoms with Gasteiger partial charge < -0.3 is 15.5 Å². The molecule has 2 aromatic heterocycles. The van der Waals surface area contributed by atoms with Crippen molar-refractivity contribution in [2.45, 2.75) is 25.9 Å². The SMILES string of the molecule is CC(C(=O)NCCc1ccccc1)N1Cc2ccc(-c3ccnc(Nc4ccnn4C)n3)cc2C1=O. The van der Waals surface area contributed by atoms with E-state index in [0.29, 0.717) is 30.3 Å². The summed E-state index contributed by atoms with van der Waals surface area (Å²) in [5.74, 6) is 0.891. The Kier molecular flexibility index (Phi) is 6.44. The molecule has 4 aromatic rings. The smallest absolute Gasteiger partial charge is 0.255 e. The van der Waals surface area contributed by atoms with Crippen LogP contribution >= 0.6 is 0 Å². The lowest BCUT2D eigenvalue weighted by molar-refractivity contribution is -0.125. The summed E-state index contributed by atoms with van der Waals surface area (Å²) in [7, 11) is 1.83. The van der Waals surface area contributed by atoms with E-state index in [1.54, 1.807) is 35.0 Å². The normalized spacial score (nSPS) is 13.4. The lowest BCUT2D eigenvalue weighted by Gasteiger charge is -2.23. The number of nitrogens with zero attached hydrogens (tertiary/aromatic N) is 5. The predicted molar refractivity (Wildman–Crippen MR) is 136 cm³/mol. The summed E-state index contributed by atoms with van der Waals surface area (Å²) in [5, 5.41) is 10.2.